The molecular weight excluding hydrogens is 358 g/mol. The van der Waals surface area contributed by atoms with Crippen LogP contribution in [0, 0.1) is 5.92 Å². The molecule has 2 aliphatic rings. The lowest BCUT2D eigenvalue weighted by Crippen LogP contribution is -2.20. The fourth-order valence-electron chi connectivity index (χ4n) is 3.88. The molecule has 2 aliphatic carbocycles. The minimum atomic E-state index is 0.117. The van der Waals surface area contributed by atoms with E-state index in [9.17, 15) is 4.79 Å². The van der Waals surface area contributed by atoms with Gasteiger partial charge in [-0.1, -0.05) is 42.5 Å². The van der Waals surface area contributed by atoms with Gasteiger partial charge in [-0.2, -0.15) is 0 Å². The van der Waals surface area contributed by atoms with Crippen LogP contribution in [0.4, 0.5) is 0 Å². The molecule has 2 aromatic carbocycles. The number of nitrogens with zero attached hydrogens (tertiary/aromatic N) is 2. The highest BCUT2D eigenvalue weighted by molar-refractivity contribution is 5.98. The summed E-state index contributed by atoms with van der Waals surface area (Å²) in [4.78, 5) is 21.3. The van der Waals surface area contributed by atoms with Crippen LogP contribution in [0.2, 0.25) is 0 Å². The molecular formula is C25H25N3O. The summed E-state index contributed by atoms with van der Waals surface area (Å²) in [7, 11) is 0. The first kappa shape index (κ1) is 18.2. The van der Waals surface area contributed by atoms with Gasteiger partial charge in [0.2, 0.25) is 0 Å². The van der Waals surface area contributed by atoms with Crippen molar-refractivity contribution in [2.45, 2.75) is 37.6 Å². The third kappa shape index (κ3) is 4.43. The van der Waals surface area contributed by atoms with E-state index in [-0.39, 0.29) is 5.78 Å². The van der Waals surface area contributed by atoms with Crippen LogP contribution in [0.15, 0.2) is 67.0 Å². The van der Waals surface area contributed by atoms with E-state index in [0.29, 0.717) is 29.8 Å². The number of ketones is 1. The lowest BCUT2D eigenvalue weighted by atomic mass is 9.99. The first-order chi connectivity index (χ1) is 14.3. The van der Waals surface area contributed by atoms with Crippen LogP contribution in [-0.2, 0) is 6.42 Å². The molecule has 0 saturated heterocycles. The number of carbonyl (C=O) groups excluding carboxylic acids is 1. The molecule has 2 unspecified atom stereocenters. The Kier molecular flexibility index (Phi) is 4.94. The molecule has 1 heterocycles. The van der Waals surface area contributed by atoms with Crippen LogP contribution in [0.5, 0.6) is 0 Å². The number of nitrogens with one attached hydrogen (secondary N) is 1. The second kappa shape index (κ2) is 7.88. The summed E-state index contributed by atoms with van der Waals surface area (Å²) in [6, 6.07) is 18.6. The second-order valence-corrected chi connectivity index (χ2v) is 8.30. The molecule has 2 atom stereocenters. The third-order valence-electron chi connectivity index (χ3n) is 5.94. The Hall–Kier alpha value is -2.85. The molecule has 0 amide bonds. The SMILES string of the molecule is O=C(Cc1ccc(C2CC2NCC2CC2)cc1)c1cccc(-c2ncccn2)c1. The summed E-state index contributed by atoms with van der Waals surface area (Å²) in [6.07, 6.45) is 7.87. The summed E-state index contributed by atoms with van der Waals surface area (Å²) in [6.45, 7) is 1.18. The Morgan fingerprint density at radius 1 is 1.00 bits per heavy atom. The standard InChI is InChI=1S/C25H25N3O/c29-24(20-3-1-4-21(14-20)25-26-11-2-12-27-25)13-17-7-9-19(10-8-17)22-15-23(22)28-16-18-5-6-18/h1-4,7-12,14,18,22-23,28H,5-6,13,15-16H2. The van der Waals surface area contributed by atoms with Crippen LogP contribution in [-0.4, -0.2) is 28.3 Å². The second-order valence-electron chi connectivity index (χ2n) is 8.30. The molecule has 2 fully saturated rings. The zero-order valence-electron chi connectivity index (χ0n) is 16.4. The van der Waals surface area contributed by atoms with Gasteiger partial charge in [-0.05, 0) is 55.0 Å². The molecule has 0 aliphatic heterocycles. The normalized spacial score (nSPS) is 20.4. The Bertz CT molecular complexity index is 996. The van der Waals surface area contributed by atoms with Gasteiger partial charge in [0, 0.05) is 41.9 Å². The average Bonchev–Trinajstić information content (AvgIpc) is 3.69. The largest absolute Gasteiger partial charge is 0.313 e. The van der Waals surface area contributed by atoms with Gasteiger partial charge in [0.25, 0.3) is 0 Å². The van der Waals surface area contributed by atoms with Crippen molar-refractivity contribution in [1.82, 2.24) is 15.3 Å². The Morgan fingerprint density at radius 2 is 1.79 bits per heavy atom. The predicted molar refractivity (Wildman–Crippen MR) is 114 cm³/mol. The highest BCUT2D eigenvalue weighted by Gasteiger charge is 2.38. The Balaban J connectivity index is 1.21. The van der Waals surface area contributed by atoms with Crippen LogP contribution in [0.25, 0.3) is 11.4 Å². The molecule has 146 valence electrons. The molecule has 5 rings (SSSR count). The topological polar surface area (TPSA) is 54.9 Å². The van der Waals surface area contributed by atoms with Gasteiger partial charge in [0.15, 0.2) is 11.6 Å². The maximum absolute atomic E-state index is 12.8. The van der Waals surface area contributed by atoms with E-state index in [1.54, 1.807) is 18.5 Å². The zero-order valence-corrected chi connectivity index (χ0v) is 16.4. The minimum absolute atomic E-state index is 0.117. The monoisotopic (exact) mass is 383 g/mol. The average molecular weight is 383 g/mol. The van der Waals surface area contributed by atoms with Crippen molar-refractivity contribution in [2.75, 3.05) is 6.54 Å². The van der Waals surface area contributed by atoms with Crippen molar-refractivity contribution in [2.24, 2.45) is 5.92 Å². The smallest absolute Gasteiger partial charge is 0.167 e. The lowest BCUT2D eigenvalue weighted by Gasteiger charge is -2.06. The van der Waals surface area contributed by atoms with Crippen molar-refractivity contribution in [3.05, 3.63) is 83.7 Å². The van der Waals surface area contributed by atoms with E-state index in [0.717, 1.165) is 17.0 Å². The van der Waals surface area contributed by atoms with E-state index < -0.39 is 0 Å². The predicted octanol–water partition coefficient (Wildman–Crippen LogP) is 4.42. The highest BCUT2D eigenvalue weighted by atomic mass is 16.1. The van der Waals surface area contributed by atoms with E-state index in [2.05, 4.69) is 39.6 Å². The molecule has 1 N–H and O–H groups in total. The highest BCUT2D eigenvalue weighted by Crippen LogP contribution is 2.41. The molecule has 2 saturated carbocycles. The van der Waals surface area contributed by atoms with Gasteiger partial charge in [-0.25, -0.2) is 9.97 Å². The minimum Gasteiger partial charge on any atom is -0.313 e. The van der Waals surface area contributed by atoms with Crippen LogP contribution < -0.4 is 5.32 Å². The molecule has 0 bridgehead atoms. The van der Waals surface area contributed by atoms with Crippen molar-refractivity contribution in [1.29, 1.82) is 0 Å². The van der Waals surface area contributed by atoms with Gasteiger partial charge in [-0.3, -0.25) is 4.79 Å². The molecule has 1 aromatic heterocycles. The quantitative estimate of drug-likeness (QED) is 0.585. The number of carbonyl (C=O) groups is 1. The van der Waals surface area contributed by atoms with Crippen molar-refractivity contribution < 1.29 is 4.79 Å². The van der Waals surface area contributed by atoms with Crippen molar-refractivity contribution >= 4 is 5.78 Å². The molecule has 3 aromatic rings. The van der Waals surface area contributed by atoms with E-state index in [1.165, 1.54) is 31.4 Å². The van der Waals surface area contributed by atoms with Crippen molar-refractivity contribution in [3.8, 4) is 11.4 Å². The third-order valence-corrected chi connectivity index (χ3v) is 5.94. The van der Waals surface area contributed by atoms with Gasteiger partial charge in [0.05, 0.1) is 0 Å². The fourth-order valence-corrected chi connectivity index (χ4v) is 3.88. The summed E-state index contributed by atoms with van der Waals surface area (Å²) < 4.78 is 0. The van der Waals surface area contributed by atoms with Crippen LogP contribution in [0.1, 0.15) is 46.7 Å². The Labute approximate surface area is 171 Å². The van der Waals surface area contributed by atoms with Crippen LogP contribution in [0.3, 0.4) is 0 Å². The molecule has 0 radical (unpaired) electrons. The van der Waals surface area contributed by atoms with E-state index >= 15 is 0 Å². The van der Waals surface area contributed by atoms with Gasteiger partial charge in [0.1, 0.15) is 0 Å². The number of benzene rings is 2. The van der Waals surface area contributed by atoms with Gasteiger partial charge in [-0.15, -0.1) is 0 Å². The van der Waals surface area contributed by atoms with Crippen LogP contribution >= 0.6 is 0 Å². The summed E-state index contributed by atoms with van der Waals surface area (Å²) >= 11 is 0. The zero-order chi connectivity index (χ0) is 19.6. The summed E-state index contributed by atoms with van der Waals surface area (Å²) in [5.41, 5.74) is 4.01. The Morgan fingerprint density at radius 3 is 2.55 bits per heavy atom. The summed E-state index contributed by atoms with van der Waals surface area (Å²) in [5, 5.41) is 3.69. The number of hydrogen-bond donors (Lipinski definition) is 1. The van der Waals surface area contributed by atoms with E-state index in [4.69, 9.17) is 0 Å². The molecule has 29 heavy (non-hydrogen) atoms. The molecule has 0 spiro atoms. The van der Waals surface area contributed by atoms with Crippen molar-refractivity contribution in [3.63, 3.8) is 0 Å². The number of Topliss-reactive ketones (excluding diaryl/α,β-unsaturated/α-hetero) is 1. The molecule has 4 nitrogen and oxygen atoms in total. The van der Waals surface area contributed by atoms with E-state index in [1.807, 2.05) is 24.3 Å². The number of rotatable bonds is 8. The van der Waals surface area contributed by atoms with Gasteiger partial charge < -0.3 is 5.32 Å². The fraction of sp³-hybridized carbons (Fsp3) is 0.320. The maximum atomic E-state index is 12.8. The number of aromatic nitrogens is 2. The maximum Gasteiger partial charge on any atom is 0.167 e. The van der Waals surface area contributed by atoms with Gasteiger partial charge >= 0.3 is 0 Å². The molecule has 4 heteroatoms. The first-order valence-corrected chi connectivity index (χ1v) is 10.5. The summed E-state index contributed by atoms with van der Waals surface area (Å²) in [5.74, 6) is 2.32. The lowest BCUT2D eigenvalue weighted by molar-refractivity contribution is 0.0993. The number of hydrogen-bond acceptors (Lipinski definition) is 4. The first-order valence-electron chi connectivity index (χ1n) is 10.5.